The molecule has 1 aliphatic rings. The molecule has 3 N–H and O–H groups in total. The molecule has 0 aromatic heterocycles. The van der Waals surface area contributed by atoms with Crippen LogP contribution in [0.15, 0.2) is 0 Å². The minimum absolute atomic E-state index is 0.122. The largest absolute Gasteiger partial charge is 0.381 e. The second-order valence-electron chi connectivity index (χ2n) is 3.43. The lowest BCUT2D eigenvalue weighted by atomic mass is 10.1. The van der Waals surface area contributed by atoms with Crippen LogP contribution in [0.25, 0.3) is 0 Å². The highest BCUT2D eigenvalue weighted by molar-refractivity contribution is 5.87. The van der Waals surface area contributed by atoms with Crippen molar-refractivity contribution in [1.29, 1.82) is 0 Å². The van der Waals surface area contributed by atoms with Gasteiger partial charge in [0.1, 0.15) is 6.04 Å². The van der Waals surface area contributed by atoms with Gasteiger partial charge in [0.05, 0.1) is 12.5 Å². The van der Waals surface area contributed by atoms with Gasteiger partial charge in [0.15, 0.2) is 0 Å². The van der Waals surface area contributed by atoms with Gasteiger partial charge in [0, 0.05) is 6.61 Å². The molecule has 1 fully saturated rings. The Hall–Kier alpha value is -1.10. The van der Waals surface area contributed by atoms with Gasteiger partial charge >= 0.3 is 0 Å². The fourth-order valence-electron chi connectivity index (χ4n) is 1.41. The van der Waals surface area contributed by atoms with E-state index in [1.54, 1.807) is 6.92 Å². The number of ether oxygens (including phenoxy) is 1. The third-order valence-corrected chi connectivity index (χ3v) is 2.37. The second-order valence-corrected chi connectivity index (χ2v) is 3.43. The number of hydrogen-bond acceptors (Lipinski definition) is 3. The first kappa shape index (κ1) is 11.0. The number of rotatable bonds is 4. The van der Waals surface area contributed by atoms with Crippen LogP contribution in [-0.2, 0) is 14.3 Å². The van der Waals surface area contributed by atoms with Crippen molar-refractivity contribution in [3.63, 3.8) is 0 Å². The normalized spacial score (nSPS) is 23.1. The lowest BCUT2D eigenvalue weighted by Gasteiger charge is -2.15. The van der Waals surface area contributed by atoms with Crippen LogP contribution in [0, 0.1) is 5.92 Å². The molecule has 14 heavy (non-hydrogen) atoms. The molecular weight excluding hydrogens is 184 g/mol. The smallest absolute Gasteiger partial charge is 0.239 e. The molecule has 0 aromatic rings. The zero-order chi connectivity index (χ0) is 10.6. The van der Waals surface area contributed by atoms with E-state index in [-0.39, 0.29) is 11.8 Å². The van der Waals surface area contributed by atoms with Gasteiger partial charge in [-0.1, -0.05) is 6.92 Å². The maximum Gasteiger partial charge on any atom is 0.239 e. The minimum Gasteiger partial charge on any atom is -0.381 e. The van der Waals surface area contributed by atoms with E-state index in [0.717, 1.165) is 6.42 Å². The quantitative estimate of drug-likeness (QED) is 0.636. The maximum absolute atomic E-state index is 11.5. The first-order valence-corrected chi connectivity index (χ1v) is 4.82. The molecule has 0 bridgehead atoms. The summed E-state index contributed by atoms with van der Waals surface area (Å²) < 4.78 is 5.08. The highest BCUT2D eigenvalue weighted by Gasteiger charge is 2.26. The Bertz CT molecular complexity index is 224. The molecular formula is C9H16N2O3. The van der Waals surface area contributed by atoms with E-state index in [2.05, 4.69) is 5.32 Å². The molecule has 1 rings (SSSR count). The van der Waals surface area contributed by atoms with Crippen LogP contribution < -0.4 is 11.1 Å². The number of nitrogens with one attached hydrogen (secondary N) is 1. The Labute approximate surface area is 83.0 Å². The Kier molecular flexibility index (Phi) is 3.88. The third kappa shape index (κ3) is 2.70. The van der Waals surface area contributed by atoms with Crippen molar-refractivity contribution in [3.05, 3.63) is 0 Å². The molecule has 1 heterocycles. The van der Waals surface area contributed by atoms with Gasteiger partial charge in [0.2, 0.25) is 11.8 Å². The number of amides is 2. The average Bonchev–Trinajstić information content (AvgIpc) is 2.65. The molecule has 0 unspecified atom stereocenters. The molecule has 1 saturated heterocycles. The summed E-state index contributed by atoms with van der Waals surface area (Å²) >= 11 is 0. The standard InChI is InChI=1S/C9H16N2O3/c1-2-7(8(10)12)11-9(13)6-3-4-14-5-6/h6-7H,2-5H2,1H3,(H2,10,12)(H,11,13)/t6-,7-/m0/s1. The summed E-state index contributed by atoms with van der Waals surface area (Å²) in [6.45, 7) is 2.87. The summed E-state index contributed by atoms with van der Waals surface area (Å²) in [6.07, 6.45) is 1.25. The van der Waals surface area contributed by atoms with Crippen molar-refractivity contribution in [2.75, 3.05) is 13.2 Å². The molecule has 0 saturated carbocycles. The van der Waals surface area contributed by atoms with E-state index in [9.17, 15) is 9.59 Å². The first-order chi connectivity index (χ1) is 6.65. The number of hydrogen-bond donors (Lipinski definition) is 2. The SMILES string of the molecule is CC[C@H](NC(=O)[C@H]1CCOC1)C(N)=O. The third-order valence-electron chi connectivity index (χ3n) is 2.37. The van der Waals surface area contributed by atoms with E-state index >= 15 is 0 Å². The molecule has 1 aliphatic heterocycles. The number of carbonyl (C=O) groups is 2. The van der Waals surface area contributed by atoms with Crippen LogP contribution >= 0.6 is 0 Å². The molecule has 0 aromatic carbocycles. The predicted octanol–water partition coefficient (Wildman–Crippen LogP) is -0.597. The fourth-order valence-corrected chi connectivity index (χ4v) is 1.41. The summed E-state index contributed by atoms with van der Waals surface area (Å²) in [5.41, 5.74) is 5.11. The Morgan fingerprint density at radius 1 is 1.64 bits per heavy atom. The van der Waals surface area contributed by atoms with Gasteiger partial charge in [0.25, 0.3) is 0 Å². The number of nitrogens with two attached hydrogens (primary N) is 1. The van der Waals surface area contributed by atoms with Crippen molar-refractivity contribution >= 4 is 11.8 Å². The topological polar surface area (TPSA) is 81.4 Å². The predicted molar refractivity (Wildman–Crippen MR) is 50.3 cm³/mol. The van der Waals surface area contributed by atoms with Crippen molar-refractivity contribution in [2.45, 2.75) is 25.8 Å². The van der Waals surface area contributed by atoms with E-state index in [4.69, 9.17) is 10.5 Å². The molecule has 0 radical (unpaired) electrons. The molecule has 80 valence electrons. The lowest BCUT2D eigenvalue weighted by Crippen LogP contribution is -2.46. The minimum atomic E-state index is -0.553. The summed E-state index contributed by atoms with van der Waals surface area (Å²) in [7, 11) is 0. The lowest BCUT2D eigenvalue weighted by molar-refractivity contribution is -0.130. The van der Waals surface area contributed by atoms with E-state index in [0.29, 0.717) is 19.6 Å². The van der Waals surface area contributed by atoms with Crippen LogP contribution in [0.4, 0.5) is 0 Å². The van der Waals surface area contributed by atoms with Crippen LogP contribution in [0.5, 0.6) is 0 Å². The van der Waals surface area contributed by atoms with Crippen LogP contribution in [0.1, 0.15) is 19.8 Å². The summed E-state index contributed by atoms with van der Waals surface area (Å²) in [6, 6.07) is -0.553. The zero-order valence-electron chi connectivity index (χ0n) is 8.29. The number of primary amides is 1. The van der Waals surface area contributed by atoms with Gasteiger partial charge < -0.3 is 15.8 Å². The highest BCUT2D eigenvalue weighted by Crippen LogP contribution is 2.12. The Balaban J connectivity index is 2.41. The van der Waals surface area contributed by atoms with Gasteiger partial charge in [-0.25, -0.2) is 0 Å². The van der Waals surface area contributed by atoms with E-state index in [1.807, 2.05) is 0 Å². The van der Waals surface area contributed by atoms with Gasteiger partial charge in [-0.2, -0.15) is 0 Å². The van der Waals surface area contributed by atoms with Gasteiger partial charge in [-0.05, 0) is 12.8 Å². The molecule has 2 amide bonds. The Morgan fingerprint density at radius 2 is 2.36 bits per heavy atom. The Morgan fingerprint density at radius 3 is 2.79 bits per heavy atom. The zero-order valence-corrected chi connectivity index (χ0v) is 8.29. The van der Waals surface area contributed by atoms with Crippen molar-refractivity contribution < 1.29 is 14.3 Å². The molecule has 0 spiro atoms. The average molecular weight is 200 g/mol. The summed E-state index contributed by atoms with van der Waals surface area (Å²) in [4.78, 5) is 22.4. The van der Waals surface area contributed by atoms with Crippen molar-refractivity contribution in [2.24, 2.45) is 11.7 Å². The van der Waals surface area contributed by atoms with Gasteiger partial charge in [-0.15, -0.1) is 0 Å². The molecule has 5 heteroatoms. The summed E-state index contributed by atoms with van der Waals surface area (Å²) in [5.74, 6) is -0.740. The van der Waals surface area contributed by atoms with Crippen molar-refractivity contribution in [3.8, 4) is 0 Å². The fraction of sp³-hybridized carbons (Fsp3) is 0.778. The highest BCUT2D eigenvalue weighted by atomic mass is 16.5. The second kappa shape index (κ2) is 4.95. The number of carbonyl (C=O) groups excluding carboxylic acids is 2. The molecule has 0 aliphatic carbocycles. The van der Waals surface area contributed by atoms with E-state index in [1.165, 1.54) is 0 Å². The van der Waals surface area contributed by atoms with E-state index < -0.39 is 11.9 Å². The van der Waals surface area contributed by atoms with Crippen LogP contribution in [-0.4, -0.2) is 31.1 Å². The monoisotopic (exact) mass is 200 g/mol. The summed E-state index contributed by atoms with van der Waals surface area (Å²) in [5, 5.41) is 2.61. The van der Waals surface area contributed by atoms with Crippen LogP contribution in [0.3, 0.4) is 0 Å². The van der Waals surface area contributed by atoms with Gasteiger partial charge in [-0.3, -0.25) is 9.59 Å². The first-order valence-electron chi connectivity index (χ1n) is 4.82. The van der Waals surface area contributed by atoms with Crippen molar-refractivity contribution in [1.82, 2.24) is 5.32 Å². The molecule has 2 atom stereocenters. The van der Waals surface area contributed by atoms with Crippen LogP contribution in [0.2, 0.25) is 0 Å². The molecule has 5 nitrogen and oxygen atoms in total. The maximum atomic E-state index is 11.5.